The van der Waals surface area contributed by atoms with E-state index in [1.54, 1.807) is 0 Å². The molecule has 0 unspecified atom stereocenters. The van der Waals surface area contributed by atoms with Gasteiger partial charge in [0, 0.05) is 38.3 Å². The minimum Gasteiger partial charge on any atom is -0.391 e. The summed E-state index contributed by atoms with van der Waals surface area (Å²) in [4.78, 5) is 19.2. The number of amides is 1. The van der Waals surface area contributed by atoms with Crippen LogP contribution in [0.25, 0.3) is 11.0 Å². The van der Waals surface area contributed by atoms with E-state index in [0.29, 0.717) is 24.7 Å². The van der Waals surface area contributed by atoms with Gasteiger partial charge in [0.15, 0.2) is 0 Å². The van der Waals surface area contributed by atoms with Gasteiger partial charge in [0.2, 0.25) is 5.95 Å². The third kappa shape index (κ3) is 4.71. The predicted molar refractivity (Wildman–Crippen MR) is 116 cm³/mol. The predicted octanol–water partition coefficient (Wildman–Crippen LogP) is 1.86. The van der Waals surface area contributed by atoms with Gasteiger partial charge in [-0.05, 0) is 50.4 Å². The number of β-amino-alcohol motifs (C(OH)–C–C–N with tert-alkyl or cyclic N) is 1. The highest BCUT2D eigenvalue weighted by Gasteiger charge is 2.24. The van der Waals surface area contributed by atoms with Crippen LogP contribution in [0.2, 0.25) is 0 Å². The number of aliphatic hydroxyl groups is 1. The summed E-state index contributed by atoms with van der Waals surface area (Å²) in [7, 11) is 1.98. The van der Waals surface area contributed by atoms with Crippen LogP contribution in [0.5, 0.6) is 0 Å². The zero-order chi connectivity index (χ0) is 18.1. The van der Waals surface area contributed by atoms with Gasteiger partial charge in [-0.1, -0.05) is 0 Å². The number of rotatable bonds is 5. The Balaban J connectivity index is 0.00000140. The van der Waals surface area contributed by atoms with Gasteiger partial charge in [-0.3, -0.25) is 4.79 Å². The number of nitrogens with one attached hydrogen (secondary N) is 2. The summed E-state index contributed by atoms with van der Waals surface area (Å²) >= 11 is 0. The summed E-state index contributed by atoms with van der Waals surface area (Å²) in [6.45, 7) is 3.19. The van der Waals surface area contributed by atoms with Gasteiger partial charge in [0.05, 0.1) is 17.1 Å². The van der Waals surface area contributed by atoms with E-state index >= 15 is 0 Å². The molecule has 0 aliphatic carbocycles. The lowest BCUT2D eigenvalue weighted by Crippen LogP contribution is -2.30. The van der Waals surface area contributed by atoms with E-state index in [2.05, 4.69) is 15.5 Å². The lowest BCUT2D eigenvalue weighted by atomic mass is 10.1. The first-order valence-electron chi connectivity index (χ1n) is 9.53. The molecule has 1 aromatic carbocycles. The van der Waals surface area contributed by atoms with Crippen LogP contribution in [0.4, 0.5) is 5.95 Å². The average Bonchev–Trinajstić information content (AvgIpc) is 3.36. The molecular formula is C19H29Cl2N5O2. The van der Waals surface area contributed by atoms with E-state index < -0.39 is 0 Å². The number of aryl methyl sites for hydroxylation is 1. The SMILES string of the molecule is Cl.Cl.Cn1c(N2CC[C@H](O)C2)nc2cc(C(=O)NCC[C@@H]3CCCN3)ccc21. The Bertz CT molecular complexity index is 807. The normalized spacial score (nSPS) is 21.4. The summed E-state index contributed by atoms with van der Waals surface area (Å²) in [5, 5.41) is 16.2. The minimum atomic E-state index is -0.287. The van der Waals surface area contributed by atoms with Crippen LogP contribution in [-0.2, 0) is 7.05 Å². The van der Waals surface area contributed by atoms with Crippen LogP contribution in [0.1, 0.15) is 36.0 Å². The number of carbonyl (C=O) groups excluding carboxylic acids is 1. The largest absolute Gasteiger partial charge is 0.391 e. The Morgan fingerprint density at radius 1 is 1.36 bits per heavy atom. The first-order valence-corrected chi connectivity index (χ1v) is 9.53. The van der Waals surface area contributed by atoms with Crippen molar-refractivity contribution in [3.63, 3.8) is 0 Å². The minimum absolute atomic E-state index is 0. The van der Waals surface area contributed by atoms with Gasteiger partial charge in [-0.2, -0.15) is 0 Å². The Kier molecular flexibility index (Phi) is 7.95. The smallest absolute Gasteiger partial charge is 0.251 e. The molecule has 0 spiro atoms. The number of hydrogen-bond donors (Lipinski definition) is 3. The van der Waals surface area contributed by atoms with Gasteiger partial charge in [0.25, 0.3) is 5.91 Å². The standard InChI is InChI=1S/C19H27N5O2.2ClH/c1-23-17-5-4-13(18(26)21-9-6-14-3-2-8-20-14)11-16(17)22-19(23)24-10-7-15(25)12-24;;/h4-5,11,14-15,20,25H,2-3,6-10,12H2,1H3,(H,21,26);2*1H/t14-,15-;;/m0../s1. The van der Waals surface area contributed by atoms with E-state index in [4.69, 9.17) is 4.98 Å². The van der Waals surface area contributed by atoms with Crippen LogP contribution in [0.3, 0.4) is 0 Å². The monoisotopic (exact) mass is 429 g/mol. The Morgan fingerprint density at radius 3 is 2.86 bits per heavy atom. The number of carbonyl (C=O) groups is 1. The fourth-order valence-electron chi connectivity index (χ4n) is 4.00. The van der Waals surface area contributed by atoms with E-state index in [1.165, 1.54) is 12.8 Å². The zero-order valence-corrected chi connectivity index (χ0v) is 17.7. The Hall–Kier alpha value is -1.54. The fraction of sp³-hybridized carbons (Fsp3) is 0.579. The molecule has 3 heterocycles. The molecule has 2 aliphatic heterocycles. The Morgan fingerprint density at radius 2 is 2.18 bits per heavy atom. The summed E-state index contributed by atoms with van der Waals surface area (Å²) < 4.78 is 2.03. The fourth-order valence-corrected chi connectivity index (χ4v) is 4.00. The number of benzene rings is 1. The molecule has 9 heteroatoms. The van der Waals surface area contributed by atoms with Crippen molar-refractivity contribution in [1.29, 1.82) is 0 Å². The molecule has 2 fully saturated rings. The lowest BCUT2D eigenvalue weighted by Gasteiger charge is -2.16. The van der Waals surface area contributed by atoms with Gasteiger partial charge in [0.1, 0.15) is 0 Å². The van der Waals surface area contributed by atoms with Crippen molar-refractivity contribution in [3.05, 3.63) is 23.8 Å². The first-order chi connectivity index (χ1) is 12.6. The van der Waals surface area contributed by atoms with Crippen LogP contribution >= 0.6 is 24.8 Å². The van der Waals surface area contributed by atoms with Crippen molar-refractivity contribution in [1.82, 2.24) is 20.2 Å². The molecule has 7 nitrogen and oxygen atoms in total. The van der Waals surface area contributed by atoms with Gasteiger partial charge < -0.3 is 25.2 Å². The van der Waals surface area contributed by atoms with Crippen molar-refractivity contribution in [2.45, 2.75) is 37.8 Å². The second-order valence-corrected chi connectivity index (χ2v) is 7.40. The number of imidazole rings is 1. The number of hydrogen-bond acceptors (Lipinski definition) is 5. The highest BCUT2D eigenvalue weighted by molar-refractivity contribution is 5.97. The Labute approximate surface area is 177 Å². The third-order valence-corrected chi connectivity index (χ3v) is 5.51. The maximum atomic E-state index is 12.4. The number of anilines is 1. The lowest BCUT2D eigenvalue weighted by molar-refractivity contribution is 0.0952. The van der Waals surface area contributed by atoms with Crippen molar-refractivity contribution < 1.29 is 9.90 Å². The van der Waals surface area contributed by atoms with Crippen LogP contribution < -0.4 is 15.5 Å². The summed E-state index contributed by atoms with van der Waals surface area (Å²) in [6.07, 6.45) is 3.88. The topological polar surface area (TPSA) is 82.4 Å². The quantitative estimate of drug-likeness (QED) is 0.675. The number of aromatic nitrogens is 2. The molecule has 28 heavy (non-hydrogen) atoms. The third-order valence-electron chi connectivity index (χ3n) is 5.51. The molecule has 0 bridgehead atoms. The van der Waals surface area contributed by atoms with E-state index in [-0.39, 0.29) is 36.8 Å². The van der Waals surface area contributed by atoms with Crippen molar-refractivity contribution >= 4 is 47.7 Å². The van der Waals surface area contributed by atoms with Crippen molar-refractivity contribution in [3.8, 4) is 0 Å². The molecule has 0 saturated carbocycles. The molecule has 1 aromatic heterocycles. The van der Waals surface area contributed by atoms with E-state index in [9.17, 15) is 9.90 Å². The van der Waals surface area contributed by atoms with Gasteiger partial charge in [-0.25, -0.2) is 4.98 Å². The maximum absolute atomic E-state index is 12.4. The molecule has 4 rings (SSSR count). The second kappa shape index (κ2) is 9.78. The number of aliphatic hydroxyl groups excluding tert-OH is 1. The van der Waals surface area contributed by atoms with Crippen LogP contribution in [0, 0.1) is 0 Å². The van der Waals surface area contributed by atoms with Gasteiger partial charge in [-0.15, -0.1) is 24.8 Å². The molecule has 2 aliphatic rings. The average molecular weight is 430 g/mol. The molecule has 2 aromatic rings. The molecular weight excluding hydrogens is 401 g/mol. The highest BCUT2D eigenvalue weighted by Crippen LogP contribution is 2.25. The first kappa shape index (κ1) is 22.7. The van der Waals surface area contributed by atoms with Crippen LogP contribution in [-0.4, -0.2) is 58.9 Å². The number of fused-ring (bicyclic) bond motifs is 1. The summed E-state index contributed by atoms with van der Waals surface area (Å²) in [6, 6.07) is 6.20. The molecule has 3 N–H and O–H groups in total. The van der Waals surface area contributed by atoms with E-state index in [0.717, 1.165) is 42.9 Å². The maximum Gasteiger partial charge on any atom is 0.251 e. The summed E-state index contributed by atoms with van der Waals surface area (Å²) in [5.41, 5.74) is 2.45. The van der Waals surface area contributed by atoms with Crippen molar-refractivity contribution in [2.24, 2.45) is 7.05 Å². The summed E-state index contributed by atoms with van der Waals surface area (Å²) in [5.74, 6) is 0.801. The number of halogens is 2. The molecule has 2 atom stereocenters. The van der Waals surface area contributed by atoms with Crippen molar-refractivity contribution in [2.75, 3.05) is 31.1 Å². The molecule has 0 radical (unpaired) electrons. The van der Waals surface area contributed by atoms with E-state index in [1.807, 2.05) is 29.8 Å². The molecule has 156 valence electrons. The number of nitrogens with zero attached hydrogens (tertiary/aromatic N) is 3. The van der Waals surface area contributed by atoms with Crippen LogP contribution in [0.15, 0.2) is 18.2 Å². The van der Waals surface area contributed by atoms with Gasteiger partial charge >= 0.3 is 0 Å². The highest BCUT2D eigenvalue weighted by atomic mass is 35.5. The molecule has 2 saturated heterocycles. The second-order valence-electron chi connectivity index (χ2n) is 7.40. The molecule has 1 amide bonds. The zero-order valence-electron chi connectivity index (χ0n) is 16.1.